The standard InChI is InChI=1S/C12H21N/c1-6-7-8-9-11(4)13-12(5)10(2)3/h7-10,13H,5-6H2,1-4H3/b8-7-,11-9+. The van der Waals surface area contributed by atoms with Gasteiger partial charge in [0, 0.05) is 11.4 Å². The Labute approximate surface area is 82.2 Å². The lowest BCUT2D eigenvalue weighted by Gasteiger charge is -2.12. The number of nitrogens with one attached hydrogen (secondary N) is 1. The van der Waals surface area contributed by atoms with Gasteiger partial charge in [-0.25, -0.2) is 0 Å². The van der Waals surface area contributed by atoms with Crippen molar-refractivity contribution < 1.29 is 0 Å². The summed E-state index contributed by atoms with van der Waals surface area (Å²) in [6.45, 7) is 12.4. The van der Waals surface area contributed by atoms with Crippen LogP contribution in [0, 0.1) is 5.92 Å². The molecule has 0 aliphatic heterocycles. The van der Waals surface area contributed by atoms with Crippen molar-refractivity contribution in [1.82, 2.24) is 5.32 Å². The van der Waals surface area contributed by atoms with Crippen molar-refractivity contribution >= 4 is 0 Å². The van der Waals surface area contributed by atoms with Crippen LogP contribution >= 0.6 is 0 Å². The normalized spacial score (nSPS) is 12.5. The third-order valence-electron chi connectivity index (χ3n) is 1.77. The predicted molar refractivity (Wildman–Crippen MR) is 60.3 cm³/mol. The Bertz CT molecular complexity index is 209. The molecule has 0 aliphatic rings. The molecule has 13 heavy (non-hydrogen) atoms. The second-order valence-electron chi connectivity index (χ2n) is 3.49. The molecule has 0 aromatic rings. The highest BCUT2D eigenvalue weighted by Gasteiger charge is 1.97. The van der Waals surface area contributed by atoms with E-state index in [0.717, 1.165) is 17.8 Å². The summed E-state index contributed by atoms with van der Waals surface area (Å²) >= 11 is 0. The summed E-state index contributed by atoms with van der Waals surface area (Å²) in [7, 11) is 0. The minimum atomic E-state index is 0.485. The van der Waals surface area contributed by atoms with Crippen molar-refractivity contribution in [2.45, 2.75) is 34.1 Å². The molecule has 0 aromatic carbocycles. The molecule has 0 saturated heterocycles. The third-order valence-corrected chi connectivity index (χ3v) is 1.77. The van der Waals surface area contributed by atoms with Gasteiger partial charge in [0.15, 0.2) is 0 Å². The topological polar surface area (TPSA) is 12.0 Å². The zero-order valence-electron chi connectivity index (χ0n) is 9.22. The van der Waals surface area contributed by atoms with Crippen LogP contribution in [0.3, 0.4) is 0 Å². The molecule has 0 saturated carbocycles. The molecule has 1 heteroatoms. The van der Waals surface area contributed by atoms with E-state index in [1.165, 1.54) is 0 Å². The van der Waals surface area contributed by atoms with Gasteiger partial charge < -0.3 is 5.32 Å². The Morgan fingerprint density at radius 1 is 1.46 bits per heavy atom. The first kappa shape index (κ1) is 12.0. The monoisotopic (exact) mass is 179 g/mol. The van der Waals surface area contributed by atoms with Gasteiger partial charge in [-0.1, -0.05) is 39.5 Å². The summed E-state index contributed by atoms with van der Waals surface area (Å²) in [6.07, 6.45) is 7.34. The molecule has 1 nitrogen and oxygen atoms in total. The largest absolute Gasteiger partial charge is 0.363 e. The van der Waals surface area contributed by atoms with Crippen LogP contribution in [0.25, 0.3) is 0 Å². The molecule has 1 N–H and O–H groups in total. The van der Waals surface area contributed by atoms with Gasteiger partial charge in [0.1, 0.15) is 0 Å². The molecule has 74 valence electrons. The van der Waals surface area contributed by atoms with Crippen LogP contribution in [-0.4, -0.2) is 0 Å². The lowest BCUT2D eigenvalue weighted by molar-refractivity contribution is 0.704. The third kappa shape index (κ3) is 6.21. The maximum absolute atomic E-state index is 3.95. The molecular weight excluding hydrogens is 158 g/mol. The first-order chi connectivity index (χ1) is 6.07. The van der Waals surface area contributed by atoms with Crippen molar-refractivity contribution in [2.75, 3.05) is 0 Å². The van der Waals surface area contributed by atoms with E-state index in [1.54, 1.807) is 0 Å². The molecule has 0 aliphatic carbocycles. The van der Waals surface area contributed by atoms with E-state index >= 15 is 0 Å². The van der Waals surface area contributed by atoms with Crippen molar-refractivity contribution in [3.63, 3.8) is 0 Å². The quantitative estimate of drug-likeness (QED) is 0.636. The average molecular weight is 179 g/mol. The fraction of sp³-hybridized carbons (Fsp3) is 0.500. The van der Waals surface area contributed by atoms with E-state index < -0.39 is 0 Å². The summed E-state index contributed by atoms with van der Waals surface area (Å²) in [4.78, 5) is 0. The van der Waals surface area contributed by atoms with E-state index in [1.807, 2.05) is 6.92 Å². The Kier molecular flexibility index (Phi) is 6.03. The summed E-state index contributed by atoms with van der Waals surface area (Å²) < 4.78 is 0. The maximum atomic E-state index is 3.95. The van der Waals surface area contributed by atoms with Crippen LogP contribution in [0.15, 0.2) is 36.2 Å². The molecule has 0 amide bonds. The van der Waals surface area contributed by atoms with Gasteiger partial charge >= 0.3 is 0 Å². The molecule has 0 unspecified atom stereocenters. The highest BCUT2D eigenvalue weighted by atomic mass is 14.9. The van der Waals surface area contributed by atoms with E-state index in [-0.39, 0.29) is 0 Å². The Hall–Kier alpha value is -0.980. The zero-order valence-corrected chi connectivity index (χ0v) is 9.22. The van der Waals surface area contributed by atoms with Crippen LogP contribution < -0.4 is 5.32 Å². The Morgan fingerprint density at radius 3 is 2.54 bits per heavy atom. The van der Waals surface area contributed by atoms with E-state index in [0.29, 0.717) is 5.92 Å². The maximum Gasteiger partial charge on any atom is 0.0117 e. The number of hydrogen-bond donors (Lipinski definition) is 1. The minimum absolute atomic E-state index is 0.485. The highest BCUT2D eigenvalue weighted by Crippen LogP contribution is 2.04. The van der Waals surface area contributed by atoms with Gasteiger partial charge in [-0.3, -0.25) is 0 Å². The summed E-state index contributed by atoms with van der Waals surface area (Å²) in [5.41, 5.74) is 2.21. The number of hydrogen-bond acceptors (Lipinski definition) is 1. The molecule has 0 radical (unpaired) electrons. The van der Waals surface area contributed by atoms with Gasteiger partial charge in [-0.2, -0.15) is 0 Å². The highest BCUT2D eigenvalue weighted by molar-refractivity contribution is 5.14. The molecular formula is C12H21N. The van der Waals surface area contributed by atoms with Gasteiger partial charge in [0.25, 0.3) is 0 Å². The molecule has 0 heterocycles. The molecule has 0 aromatic heterocycles. The SMILES string of the molecule is C=C(N/C(C)=C/C=C\CC)C(C)C. The van der Waals surface area contributed by atoms with Crippen LogP contribution in [0.4, 0.5) is 0 Å². The Morgan fingerprint density at radius 2 is 2.08 bits per heavy atom. The molecule has 0 atom stereocenters. The van der Waals surface area contributed by atoms with Gasteiger partial charge in [0.05, 0.1) is 0 Å². The van der Waals surface area contributed by atoms with Gasteiger partial charge in [0.2, 0.25) is 0 Å². The lowest BCUT2D eigenvalue weighted by Crippen LogP contribution is -2.13. The fourth-order valence-electron chi connectivity index (χ4n) is 0.788. The predicted octanol–water partition coefficient (Wildman–Crippen LogP) is 3.62. The van der Waals surface area contributed by atoms with Crippen LogP contribution in [-0.2, 0) is 0 Å². The molecule has 0 spiro atoms. The summed E-state index contributed by atoms with van der Waals surface area (Å²) in [5.74, 6) is 0.485. The van der Waals surface area contributed by atoms with Crippen LogP contribution in [0.5, 0.6) is 0 Å². The molecule has 0 rings (SSSR count). The van der Waals surface area contributed by atoms with E-state index in [9.17, 15) is 0 Å². The zero-order chi connectivity index (χ0) is 10.3. The summed E-state index contributed by atoms with van der Waals surface area (Å²) in [6, 6.07) is 0. The summed E-state index contributed by atoms with van der Waals surface area (Å²) in [5, 5.41) is 3.25. The van der Waals surface area contributed by atoms with Crippen LogP contribution in [0.2, 0.25) is 0 Å². The Balaban J connectivity index is 3.99. The van der Waals surface area contributed by atoms with E-state index in [2.05, 4.69) is 50.9 Å². The number of rotatable bonds is 5. The average Bonchev–Trinajstić information content (AvgIpc) is 2.04. The molecule has 0 bridgehead atoms. The lowest BCUT2D eigenvalue weighted by atomic mass is 10.1. The van der Waals surface area contributed by atoms with Gasteiger partial charge in [-0.05, 0) is 25.3 Å². The van der Waals surface area contributed by atoms with E-state index in [4.69, 9.17) is 0 Å². The smallest absolute Gasteiger partial charge is 0.0117 e. The minimum Gasteiger partial charge on any atom is -0.363 e. The van der Waals surface area contributed by atoms with Crippen molar-refractivity contribution in [1.29, 1.82) is 0 Å². The first-order valence-corrected chi connectivity index (χ1v) is 4.87. The van der Waals surface area contributed by atoms with Crippen LogP contribution in [0.1, 0.15) is 34.1 Å². The second kappa shape index (κ2) is 6.53. The van der Waals surface area contributed by atoms with Crippen molar-refractivity contribution in [3.8, 4) is 0 Å². The fourth-order valence-corrected chi connectivity index (χ4v) is 0.788. The van der Waals surface area contributed by atoms with Crippen molar-refractivity contribution in [3.05, 3.63) is 36.2 Å². The first-order valence-electron chi connectivity index (χ1n) is 4.87. The molecule has 0 fully saturated rings. The van der Waals surface area contributed by atoms with Gasteiger partial charge in [-0.15, -0.1) is 0 Å². The number of allylic oxidation sites excluding steroid dienone is 5. The van der Waals surface area contributed by atoms with Crippen molar-refractivity contribution in [2.24, 2.45) is 5.92 Å². The second-order valence-corrected chi connectivity index (χ2v) is 3.49.